The summed E-state index contributed by atoms with van der Waals surface area (Å²) in [4.78, 5) is 0. The molecule has 2 heteroatoms. The molecule has 1 nitrogen and oxygen atoms in total. The molecule has 0 amide bonds. The lowest BCUT2D eigenvalue weighted by Gasteiger charge is -2.37. The van der Waals surface area contributed by atoms with Gasteiger partial charge in [0, 0.05) is 5.56 Å². The van der Waals surface area contributed by atoms with Crippen molar-refractivity contribution < 1.29 is 4.43 Å². The molecule has 0 aliphatic rings. The van der Waals surface area contributed by atoms with E-state index in [4.69, 9.17) is 4.43 Å². The van der Waals surface area contributed by atoms with Crippen LogP contribution in [0.1, 0.15) is 38.8 Å². The summed E-state index contributed by atoms with van der Waals surface area (Å²) < 4.78 is 6.39. The summed E-state index contributed by atoms with van der Waals surface area (Å²) in [5.74, 6) is 1.02. The Hall–Kier alpha value is -1.02. The average Bonchev–Trinajstić information content (AvgIpc) is 2.24. The van der Waals surface area contributed by atoms with Crippen molar-refractivity contribution in [2.24, 2.45) is 0 Å². The van der Waals surface area contributed by atoms with E-state index in [-0.39, 0.29) is 5.04 Å². The van der Waals surface area contributed by atoms with Crippen molar-refractivity contribution in [3.63, 3.8) is 0 Å². The largest absolute Gasteiger partial charge is 0.543 e. The summed E-state index contributed by atoms with van der Waals surface area (Å²) in [6, 6.07) is 8.50. The van der Waals surface area contributed by atoms with Gasteiger partial charge >= 0.3 is 0 Å². The minimum Gasteiger partial charge on any atom is -0.543 e. The lowest BCUT2D eigenvalue weighted by molar-refractivity contribution is 0.457. The predicted molar refractivity (Wildman–Crippen MR) is 83.1 cm³/mol. The molecule has 0 N–H and O–H groups in total. The van der Waals surface area contributed by atoms with Crippen molar-refractivity contribution in [3.8, 4) is 0 Å². The molecule has 18 heavy (non-hydrogen) atoms. The van der Waals surface area contributed by atoms with Crippen molar-refractivity contribution in [2.75, 3.05) is 0 Å². The van der Waals surface area contributed by atoms with Crippen LogP contribution in [0.5, 0.6) is 0 Å². The fourth-order valence-corrected chi connectivity index (χ4v) is 2.60. The molecule has 0 unspecified atom stereocenters. The van der Waals surface area contributed by atoms with Gasteiger partial charge in [-0.1, -0.05) is 44.5 Å². The zero-order chi connectivity index (χ0) is 14.0. The summed E-state index contributed by atoms with van der Waals surface area (Å²) in [7, 11) is -1.76. The second-order valence-electron chi connectivity index (χ2n) is 6.38. The molecule has 0 saturated carbocycles. The maximum atomic E-state index is 6.39. The van der Waals surface area contributed by atoms with Crippen molar-refractivity contribution in [1.82, 2.24) is 0 Å². The van der Waals surface area contributed by atoms with Gasteiger partial charge in [-0.2, -0.15) is 0 Å². The van der Waals surface area contributed by atoms with Crippen LogP contribution in [-0.4, -0.2) is 8.32 Å². The van der Waals surface area contributed by atoms with E-state index in [1.165, 1.54) is 11.1 Å². The Kier molecular flexibility index (Phi) is 4.44. The summed E-state index contributed by atoms with van der Waals surface area (Å²) in [5.41, 5.74) is 2.45. The maximum absolute atomic E-state index is 6.39. The second-order valence-corrected chi connectivity index (χ2v) is 11.1. The van der Waals surface area contributed by atoms with Gasteiger partial charge in [-0.05, 0) is 44.1 Å². The molecule has 100 valence electrons. The Labute approximate surface area is 113 Å². The zero-order valence-corrected chi connectivity index (χ0v) is 13.8. The monoisotopic (exact) mass is 262 g/mol. The van der Waals surface area contributed by atoms with Crippen LogP contribution in [0.3, 0.4) is 0 Å². The van der Waals surface area contributed by atoms with Gasteiger partial charge in [0.05, 0.1) is 0 Å². The molecular formula is C16H26OSi. The third kappa shape index (κ3) is 3.48. The van der Waals surface area contributed by atoms with Gasteiger partial charge < -0.3 is 4.43 Å². The number of benzene rings is 1. The molecular weight excluding hydrogens is 236 g/mol. The molecule has 0 bridgehead atoms. The normalized spacial score (nSPS) is 13.6. The number of hydrogen-bond acceptors (Lipinski definition) is 1. The standard InChI is InChI=1S/C16H26OSi/c1-8-15(14-11-9-10-13(2)12-14)17-18(6,7)16(3,4)5/h8-12H,1-7H3. The van der Waals surface area contributed by atoms with Gasteiger partial charge in [-0.15, -0.1) is 0 Å². The first kappa shape index (κ1) is 15.0. The molecule has 0 radical (unpaired) electrons. The fraction of sp³-hybridized carbons (Fsp3) is 0.500. The van der Waals surface area contributed by atoms with E-state index in [9.17, 15) is 0 Å². The quantitative estimate of drug-likeness (QED) is 0.525. The highest BCUT2D eigenvalue weighted by Gasteiger charge is 2.39. The Morgan fingerprint density at radius 1 is 1.22 bits per heavy atom. The van der Waals surface area contributed by atoms with E-state index in [0.29, 0.717) is 0 Å². The fourth-order valence-electron chi connectivity index (χ4n) is 1.51. The number of aryl methyl sites for hydroxylation is 1. The SMILES string of the molecule is CC=C(O[Si](C)(C)C(C)(C)C)c1cccc(C)c1. The number of allylic oxidation sites excluding steroid dienone is 1. The maximum Gasteiger partial charge on any atom is 0.250 e. The molecule has 1 aromatic rings. The Morgan fingerprint density at radius 3 is 2.28 bits per heavy atom. The molecule has 0 atom stereocenters. The van der Waals surface area contributed by atoms with Gasteiger partial charge in [0.1, 0.15) is 5.76 Å². The summed E-state index contributed by atoms with van der Waals surface area (Å²) in [6.45, 7) is 15.5. The first-order chi connectivity index (χ1) is 8.17. The minimum atomic E-state index is -1.76. The van der Waals surface area contributed by atoms with Crippen LogP contribution < -0.4 is 0 Å². The van der Waals surface area contributed by atoms with Crippen molar-refractivity contribution in [1.29, 1.82) is 0 Å². The molecule has 1 rings (SSSR count). The highest BCUT2D eigenvalue weighted by atomic mass is 28.4. The van der Waals surface area contributed by atoms with E-state index < -0.39 is 8.32 Å². The van der Waals surface area contributed by atoms with E-state index in [1.54, 1.807) is 0 Å². The van der Waals surface area contributed by atoms with Crippen molar-refractivity contribution in [2.45, 2.75) is 52.8 Å². The summed E-state index contributed by atoms with van der Waals surface area (Å²) in [6.07, 6.45) is 2.08. The molecule has 0 spiro atoms. The van der Waals surface area contributed by atoms with Crippen molar-refractivity contribution >= 4 is 14.1 Å². The van der Waals surface area contributed by atoms with Gasteiger partial charge in [-0.3, -0.25) is 0 Å². The highest BCUT2D eigenvalue weighted by molar-refractivity contribution is 6.74. The summed E-state index contributed by atoms with van der Waals surface area (Å²) >= 11 is 0. The smallest absolute Gasteiger partial charge is 0.250 e. The third-order valence-corrected chi connectivity index (χ3v) is 8.08. The molecule has 1 aromatic carbocycles. The van der Waals surface area contributed by atoms with Gasteiger partial charge in [0.2, 0.25) is 8.32 Å². The molecule has 0 fully saturated rings. The molecule has 0 aliphatic heterocycles. The van der Waals surface area contributed by atoms with Crippen LogP contribution in [0, 0.1) is 6.92 Å². The molecule has 0 aliphatic carbocycles. The van der Waals surface area contributed by atoms with Gasteiger partial charge in [0.15, 0.2) is 0 Å². The molecule has 0 heterocycles. The van der Waals surface area contributed by atoms with E-state index in [0.717, 1.165) is 5.76 Å². The third-order valence-electron chi connectivity index (χ3n) is 3.74. The van der Waals surface area contributed by atoms with Crippen molar-refractivity contribution in [3.05, 3.63) is 41.5 Å². The van der Waals surface area contributed by atoms with Crippen LogP contribution in [0.25, 0.3) is 5.76 Å². The first-order valence-electron chi connectivity index (χ1n) is 6.60. The van der Waals surface area contributed by atoms with Crippen LogP contribution in [0.15, 0.2) is 30.3 Å². The Bertz CT molecular complexity index is 439. The van der Waals surface area contributed by atoms with E-state index >= 15 is 0 Å². The van der Waals surface area contributed by atoms with Crippen LogP contribution in [0.2, 0.25) is 18.1 Å². The predicted octanol–water partition coefficient (Wildman–Crippen LogP) is 5.38. The Morgan fingerprint density at radius 2 is 1.83 bits per heavy atom. The summed E-state index contributed by atoms with van der Waals surface area (Å²) in [5, 5.41) is 0.227. The minimum absolute atomic E-state index is 0.227. The average molecular weight is 262 g/mol. The van der Waals surface area contributed by atoms with E-state index in [2.05, 4.69) is 71.1 Å². The topological polar surface area (TPSA) is 9.23 Å². The Balaban J connectivity index is 3.01. The van der Waals surface area contributed by atoms with Crippen LogP contribution in [0.4, 0.5) is 0 Å². The van der Waals surface area contributed by atoms with E-state index in [1.807, 2.05) is 6.92 Å². The number of hydrogen-bond donors (Lipinski definition) is 0. The van der Waals surface area contributed by atoms with Crippen LogP contribution in [-0.2, 0) is 4.43 Å². The van der Waals surface area contributed by atoms with Gasteiger partial charge in [-0.25, -0.2) is 0 Å². The highest BCUT2D eigenvalue weighted by Crippen LogP contribution is 2.39. The van der Waals surface area contributed by atoms with Crippen LogP contribution >= 0.6 is 0 Å². The zero-order valence-electron chi connectivity index (χ0n) is 12.8. The second kappa shape index (κ2) is 5.31. The lowest BCUT2D eigenvalue weighted by atomic mass is 10.1. The lowest BCUT2D eigenvalue weighted by Crippen LogP contribution is -2.40. The molecule has 0 saturated heterocycles. The number of rotatable bonds is 3. The molecule has 0 aromatic heterocycles. The first-order valence-corrected chi connectivity index (χ1v) is 9.50. The van der Waals surface area contributed by atoms with Gasteiger partial charge in [0.25, 0.3) is 0 Å².